The van der Waals surface area contributed by atoms with Crippen molar-refractivity contribution in [2.75, 3.05) is 26.2 Å². The highest BCUT2D eigenvalue weighted by Gasteiger charge is 2.23. The van der Waals surface area contributed by atoms with Gasteiger partial charge in [-0.3, -0.25) is 9.59 Å². The van der Waals surface area contributed by atoms with Crippen LogP contribution in [0.15, 0.2) is 36.4 Å². The minimum absolute atomic E-state index is 0.106. The molecule has 0 atom stereocenters. The maximum absolute atomic E-state index is 12.8. The maximum Gasteiger partial charge on any atom is 0.249 e. The van der Waals surface area contributed by atoms with E-state index in [9.17, 15) is 9.59 Å². The van der Waals surface area contributed by atoms with E-state index >= 15 is 0 Å². The zero-order valence-electron chi connectivity index (χ0n) is 16.6. The normalized spacial score (nSPS) is 10.9. The number of ether oxygens (including phenoxy) is 1. The van der Waals surface area contributed by atoms with Gasteiger partial charge in [-0.25, -0.2) is 0 Å². The summed E-state index contributed by atoms with van der Waals surface area (Å²) >= 11 is 6.00. The second-order valence-corrected chi connectivity index (χ2v) is 6.82. The molecule has 0 aromatic heterocycles. The largest absolute Gasteiger partial charge is 0.491 e. The van der Waals surface area contributed by atoms with E-state index in [4.69, 9.17) is 22.1 Å². The molecule has 0 saturated heterocycles. The van der Waals surface area contributed by atoms with Crippen LogP contribution in [0, 0.1) is 0 Å². The fourth-order valence-electron chi connectivity index (χ4n) is 3.10. The van der Waals surface area contributed by atoms with Crippen molar-refractivity contribution < 1.29 is 14.3 Å². The third-order valence-electron chi connectivity index (χ3n) is 4.72. The summed E-state index contributed by atoms with van der Waals surface area (Å²) in [6, 6.07) is 10.3. The Morgan fingerprint density at radius 3 is 2.21 bits per heavy atom. The molecule has 0 heterocycles. The third-order valence-corrected chi connectivity index (χ3v) is 4.98. The Morgan fingerprint density at radius 1 is 1.04 bits per heavy atom. The minimum Gasteiger partial charge on any atom is -0.491 e. The topological polar surface area (TPSA) is 72.6 Å². The quantitative estimate of drug-likeness (QED) is 0.597. The number of halogens is 1. The van der Waals surface area contributed by atoms with Crippen molar-refractivity contribution in [1.82, 2.24) is 4.90 Å². The zero-order valence-corrected chi connectivity index (χ0v) is 17.4. The van der Waals surface area contributed by atoms with Crippen LogP contribution in [-0.2, 0) is 0 Å². The molecule has 150 valence electrons. The molecule has 0 radical (unpaired) electrons. The molecule has 5 nitrogen and oxygen atoms in total. The van der Waals surface area contributed by atoms with Crippen LogP contribution in [-0.4, -0.2) is 42.8 Å². The number of likely N-dealkylation sites (N-methyl/N-ethyl adjacent to an activating group) is 1. The van der Waals surface area contributed by atoms with Crippen molar-refractivity contribution in [2.45, 2.75) is 27.2 Å². The third kappa shape index (κ3) is 5.12. The van der Waals surface area contributed by atoms with Crippen LogP contribution in [0.25, 0.3) is 11.1 Å². The number of primary amides is 1. The molecule has 2 N–H and O–H groups in total. The molecule has 0 unspecified atom stereocenters. The monoisotopic (exact) mass is 402 g/mol. The van der Waals surface area contributed by atoms with Crippen LogP contribution in [0.1, 0.15) is 47.9 Å². The Balaban J connectivity index is 2.54. The molecule has 1 amide bonds. The highest BCUT2D eigenvalue weighted by atomic mass is 35.5. The van der Waals surface area contributed by atoms with Crippen LogP contribution in [0.2, 0.25) is 5.02 Å². The lowest BCUT2D eigenvalue weighted by atomic mass is 9.90. The van der Waals surface area contributed by atoms with Crippen molar-refractivity contribution in [1.29, 1.82) is 0 Å². The van der Waals surface area contributed by atoms with Gasteiger partial charge in [0.25, 0.3) is 0 Å². The van der Waals surface area contributed by atoms with Crippen LogP contribution in [0.3, 0.4) is 0 Å². The van der Waals surface area contributed by atoms with Crippen molar-refractivity contribution in [3.63, 3.8) is 0 Å². The number of nitrogens with zero attached hydrogens (tertiary/aromatic N) is 1. The summed E-state index contributed by atoms with van der Waals surface area (Å²) in [6.07, 6.45) is 0.287. The Bertz CT molecular complexity index is 830. The molecule has 6 heteroatoms. The molecule has 0 fully saturated rings. The second-order valence-electron chi connectivity index (χ2n) is 6.38. The summed E-state index contributed by atoms with van der Waals surface area (Å²) in [6.45, 7) is 9.02. The van der Waals surface area contributed by atoms with Gasteiger partial charge in [0.2, 0.25) is 5.91 Å². The lowest BCUT2D eigenvalue weighted by Gasteiger charge is -2.20. The van der Waals surface area contributed by atoms with Crippen molar-refractivity contribution in [3.05, 3.63) is 52.5 Å². The van der Waals surface area contributed by atoms with Crippen molar-refractivity contribution in [2.24, 2.45) is 5.73 Å². The van der Waals surface area contributed by atoms with Gasteiger partial charge in [0.05, 0.1) is 5.56 Å². The smallest absolute Gasteiger partial charge is 0.249 e. The predicted octanol–water partition coefficient (Wildman–Crippen LogP) is 4.42. The second kappa shape index (κ2) is 10.2. The average molecular weight is 403 g/mol. The zero-order chi connectivity index (χ0) is 20.7. The molecule has 0 aliphatic carbocycles. The molecule has 0 saturated carbocycles. The standard InChI is InChI=1S/C22H27ClN2O3/c1-4-18(26)21-19(28-14-13-25(5-2)6-3)12-11-17(22(24)27)20(21)15-7-9-16(23)10-8-15/h7-12H,4-6,13-14H2,1-3H3,(H2,24,27). The van der Waals surface area contributed by atoms with Gasteiger partial charge in [-0.1, -0.05) is 44.5 Å². The van der Waals surface area contributed by atoms with E-state index in [0.717, 1.165) is 19.6 Å². The Kier molecular flexibility index (Phi) is 8.03. The molecular weight excluding hydrogens is 376 g/mol. The summed E-state index contributed by atoms with van der Waals surface area (Å²) in [7, 11) is 0. The number of nitrogens with two attached hydrogens (primary N) is 1. The number of hydrogen-bond acceptors (Lipinski definition) is 4. The van der Waals surface area contributed by atoms with Gasteiger partial charge in [0, 0.05) is 29.1 Å². The number of rotatable bonds is 10. The molecule has 2 rings (SSSR count). The highest BCUT2D eigenvalue weighted by Crippen LogP contribution is 2.35. The SMILES string of the molecule is CCC(=O)c1c(OCCN(CC)CC)ccc(C(N)=O)c1-c1ccc(Cl)cc1. The first kappa shape index (κ1) is 21.9. The molecular formula is C22H27ClN2O3. The van der Waals surface area contributed by atoms with E-state index in [-0.39, 0.29) is 17.8 Å². The fraction of sp³-hybridized carbons (Fsp3) is 0.364. The number of carbonyl (C=O) groups excluding carboxylic acids is 2. The van der Waals surface area contributed by atoms with E-state index in [1.165, 1.54) is 0 Å². The number of amides is 1. The van der Waals surface area contributed by atoms with Crippen LogP contribution in [0.5, 0.6) is 5.75 Å². The lowest BCUT2D eigenvalue weighted by Crippen LogP contribution is -2.28. The van der Waals surface area contributed by atoms with E-state index in [1.54, 1.807) is 43.3 Å². The van der Waals surface area contributed by atoms with Gasteiger partial charge in [-0.05, 0) is 42.9 Å². The number of ketones is 1. The van der Waals surface area contributed by atoms with E-state index < -0.39 is 5.91 Å². The van der Waals surface area contributed by atoms with Gasteiger partial charge in [-0.15, -0.1) is 0 Å². The van der Waals surface area contributed by atoms with Crippen molar-refractivity contribution in [3.8, 4) is 16.9 Å². The fourth-order valence-corrected chi connectivity index (χ4v) is 3.23. The molecule has 0 aliphatic rings. The van der Waals surface area contributed by atoms with Gasteiger partial charge >= 0.3 is 0 Å². The molecule has 2 aromatic carbocycles. The lowest BCUT2D eigenvalue weighted by molar-refractivity contribution is 0.0984. The summed E-state index contributed by atoms with van der Waals surface area (Å²) in [5.41, 5.74) is 7.47. The van der Waals surface area contributed by atoms with E-state index in [2.05, 4.69) is 18.7 Å². The van der Waals surface area contributed by atoms with Gasteiger partial charge in [0.1, 0.15) is 12.4 Å². The first-order chi connectivity index (χ1) is 13.4. The van der Waals surface area contributed by atoms with Gasteiger partial charge in [0.15, 0.2) is 5.78 Å². The average Bonchev–Trinajstić information content (AvgIpc) is 2.70. The van der Waals surface area contributed by atoms with Gasteiger partial charge in [-0.2, -0.15) is 0 Å². The molecule has 28 heavy (non-hydrogen) atoms. The molecule has 0 aliphatic heterocycles. The summed E-state index contributed by atoms with van der Waals surface area (Å²) < 4.78 is 5.97. The van der Waals surface area contributed by atoms with Gasteiger partial charge < -0.3 is 15.4 Å². The van der Waals surface area contributed by atoms with Crippen molar-refractivity contribution >= 4 is 23.3 Å². The van der Waals surface area contributed by atoms with E-state index in [0.29, 0.717) is 34.1 Å². The number of Topliss-reactive ketones (excluding diaryl/α,β-unsaturated/α-hetero) is 1. The summed E-state index contributed by atoms with van der Waals surface area (Å²) in [4.78, 5) is 27.1. The van der Waals surface area contributed by atoms with Crippen LogP contribution < -0.4 is 10.5 Å². The maximum atomic E-state index is 12.8. The Labute approximate surface area is 171 Å². The predicted molar refractivity (Wildman–Crippen MR) is 113 cm³/mol. The summed E-state index contributed by atoms with van der Waals surface area (Å²) in [5.74, 6) is -0.232. The molecule has 2 aromatic rings. The van der Waals surface area contributed by atoms with Crippen LogP contribution >= 0.6 is 11.6 Å². The van der Waals surface area contributed by atoms with Crippen LogP contribution in [0.4, 0.5) is 0 Å². The molecule has 0 bridgehead atoms. The Hall–Kier alpha value is -2.37. The highest BCUT2D eigenvalue weighted by molar-refractivity contribution is 6.30. The summed E-state index contributed by atoms with van der Waals surface area (Å²) in [5, 5.41) is 0.569. The molecule has 0 spiro atoms. The minimum atomic E-state index is -0.593. The Morgan fingerprint density at radius 2 is 1.68 bits per heavy atom. The first-order valence-electron chi connectivity index (χ1n) is 9.53. The van der Waals surface area contributed by atoms with E-state index in [1.807, 2.05) is 0 Å². The first-order valence-corrected chi connectivity index (χ1v) is 9.91. The number of hydrogen-bond donors (Lipinski definition) is 1. The number of carbonyl (C=O) groups is 2. The number of benzene rings is 2.